The number of rotatable bonds is 5. The summed E-state index contributed by atoms with van der Waals surface area (Å²) in [6.07, 6.45) is 10.2. The van der Waals surface area contributed by atoms with Crippen LogP contribution >= 0.6 is 0 Å². The van der Waals surface area contributed by atoms with Gasteiger partial charge in [0.2, 0.25) is 0 Å². The minimum absolute atomic E-state index is 0.644. The van der Waals surface area contributed by atoms with Crippen LogP contribution in [0.5, 0.6) is 0 Å². The van der Waals surface area contributed by atoms with Crippen molar-refractivity contribution in [2.24, 2.45) is 17.3 Å². The average Bonchev–Trinajstić information content (AvgIpc) is 3.05. The standard InChI is InChI=1S/C15H29N/c1-4-12-8-6-7-9-13(12)14(16-5-2)15(3)10-11-15/h12-14,16H,4-11H2,1-3H3. The van der Waals surface area contributed by atoms with Crippen LogP contribution in [0, 0.1) is 17.3 Å². The minimum Gasteiger partial charge on any atom is -0.313 e. The molecular formula is C15H29N. The van der Waals surface area contributed by atoms with Crippen molar-refractivity contribution in [2.45, 2.75) is 71.8 Å². The molecule has 1 heteroatoms. The predicted molar refractivity (Wildman–Crippen MR) is 70.5 cm³/mol. The summed E-state index contributed by atoms with van der Waals surface area (Å²) in [5.41, 5.74) is 0.644. The molecule has 0 saturated heterocycles. The van der Waals surface area contributed by atoms with Crippen LogP contribution in [0.3, 0.4) is 0 Å². The molecule has 3 atom stereocenters. The molecule has 94 valence electrons. The third kappa shape index (κ3) is 2.45. The van der Waals surface area contributed by atoms with Gasteiger partial charge < -0.3 is 5.32 Å². The second-order valence-corrected chi connectivity index (χ2v) is 6.31. The Hall–Kier alpha value is -0.0400. The molecule has 0 amide bonds. The lowest BCUT2D eigenvalue weighted by molar-refractivity contribution is 0.135. The predicted octanol–water partition coefficient (Wildman–Crippen LogP) is 3.98. The smallest absolute Gasteiger partial charge is 0.0152 e. The van der Waals surface area contributed by atoms with Gasteiger partial charge in [-0.25, -0.2) is 0 Å². The first kappa shape index (κ1) is 12.4. The Morgan fingerprint density at radius 1 is 1.19 bits per heavy atom. The molecule has 2 fully saturated rings. The van der Waals surface area contributed by atoms with E-state index in [0.717, 1.165) is 24.4 Å². The van der Waals surface area contributed by atoms with E-state index in [-0.39, 0.29) is 0 Å². The van der Waals surface area contributed by atoms with E-state index in [1.54, 1.807) is 0 Å². The molecule has 2 saturated carbocycles. The van der Waals surface area contributed by atoms with E-state index in [9.17, 15) is 0 Å². The van der Waals surface area contributed by atoms with Crippen molar-refractivity contribution >= 4 is 0 Å². The van der Waals surface area contributed by atoms with Crippen molar-refractivity contribution in [1.82, 2.24) is 5.32 Å². The first-order valence-electron chi connectivity index (χ1n) is 7.44. The van der Waals surface area contributed by atoms with Crippen LogP contribution in [0.1, 0.15) is 65.7 Å². The van der Waals surface area contributed by atoms with E-state index >= 15 is 0 Å². The minimum atomic E-state index is 0.644. The summed E-state index contributed by atoms with van der Waals surface area (Å²) in [5.74, 6) is 1.96. The molecule has 0 radical (unpaired) electrons. The molecule has 0 aromatic carbocycles. The maximum atomic E-state index is 3.82. The van der Waals surface area contributed by atoms with E-state index in [0.29, 0.717) is 5.41 Å². The maximum Gasteiger partial charge on any atom is 0.0152 e. The van der Waals surface area contributed by atoms with Crippen LogP contribution in [0.15, 0.2) is 0 Å². The Kier molecular flexibility index (Phi) is 3.94. The highest BCUT2D eigenvalue weighted by Crippen LogP contribution is 2.53. The van der Waals surface area contributed by atoms with Crippen LogP contribution < -0.4 is 5.32 Å². The Bertz CT molecular complexity index is 219. The molecular weight excluding hydrogens is 194 g/mol. The lowest BCUT2D eigenvalue weighted by Crippen LogP contribution is -2.46. The molecule has 1 nitrogen and oxygen atoms in total. The summed E-state index contributed by atoms with van der Waals surface area (Å²) in [4.78, 5) is 0. The van der Waals surface area contributed by atoms with Crippen LogP contribution in [0.4, 0.5) is 0 Å². The highest BCUT2D eigenvalue weighted by atomic mass is 15.0. The van der Waals surface area contributed by atoms with Crippen LogP contribution in [0.25, 0.3) is 0 Å². The maximum absolute atomic E-state index is 3.82. The van der Waals surface area contributed by atoms with Gasteiger partial charge in [-0.15, -0.1) is 0 Å². The van der Waals surface area contributed by atoms with Gasteiger partial charge in [0.1, 0.15) is 0 Å². The van der Waals surface area contributed by atoms with Crippen LogP contribution in [0.2, 0.25) is 0 Å². The zero-order valence-electron chi connectivity index (χ0n) is 11.4. The molecule has 2 aliphatic rings. The summed E-state index contributed by atoms with van der Waals surface area (Å²) in [5, 5.41) is 3.82. The van der Waals surface area contributed by atoms with Gasteiger partial charge in [0.15, 0.2) is 0 Å². The fraction of sp³-hybridized carbons (Fsp3) is 1.00. The molecule has 2 aliphatic carbocycles. The molecule has 0 bridgehead atoms. The van der Waals surface area contributed by atoms with Gasteiger partial charge >= 0.3 is 0 Å². The third-order valence-electron chi connectivity index (χ3n) is 5.13. The van der Waals surface area contributed by atoms with Gasteiger partial charge in [-0.05, 0) is 43.1 Å². The van der Waals surface area contributed by atoms with Crippen molar-refractivity contribution in [1.29, 1.82) is 0 Å². The molecule has 1 N–H and O–H groups in total. The molecule has 16 heavy (non-hydrogen) atoms. The summed E-state index contributed by atoms with van der Waals surface area (Å²) >= 11 is 0. The normalized spacial score (nSPS) is 34.7. The van der Waals surface area contributed by atoms with E-state index in [4.69, 9.17) is 0 Å². The number of nitrogens with one attached hydrogen (secondary N) is 1. The summed E-state index contributed by atoms with van der Waals surface area (Å²) < 4.78 is 0. The summed E-state index contributed by atoms with van der Waals surface area (Å²) in [6, 6.07) is 0.808. The zero-order chi connectivity index (χ0) is 11.6. The Morgan fingerprint density at radius 3 is 2.44 bits per heavy atom. The summed E-state index contributed by atoms with van der Waals surface area (Å²) in [7, 11) is 0. The first-order valence-corrected chi connectivity index (χ1v) is 7.44. The van der Waals surface area contributed by atoms with Gasteiger partial charge in [0, 0.05) is 6.04 Å². The van der Waals surface area contributed by atoms with Crippen LogP contribution in [-0.4, -0.2) is 12.6 Å². The zero-order valence-corrected chi connectivity index (χ0v) is 11.4. The van der Waals surface area contributed by atoms with Gasteiger partial charge in [-0.1, -0.05) is 46.5 Å². The van der Waals surface area contributed by atoms with Gasteiger partial charge in [-0.3, -0.25) is 0 Å². The average molecular weight is 223 g/mol. The molecule has 3 unspecified atom stereocenters. The van der Waals surface area contributed by atoms with E-state index < -0.39 is 0 Å². The highest BCUT2D eigenvalue weighted by Gasteiger charge is 2.49. The molecule has 0 heterocycles. The van der Waals surface area contributed by atoms with E-state index in [1.807, 2.05) is 0 Å². The first-order chi connectivity index (χ1) is 7.71. The fourth-order valence-corrected chi connectivity index (χ4v) is 3.82. The van der Waals surface area contributed by atoms with E-state index in [2.05, 4.69) is 26.1 Å². The Labute approximate surface area is 101 Å². The molecule has 0 aromatic rings. The molecule has 0 aliphatic heterocycles. The Balaban J connectivity index is 2.04. The lowest BCUT2D eigenvalue weighted by atomic mass is 9.70. The summed E-state index contributed by atoms with van der Waals surface area (Å²) in [6.45, 7) is 8.30. The third-order valence-corrected chi connectivity index (χ3v) is 5.13. The van der Waals surface area contributed by atoms with Crippen molar-refractivity contribution in [3.63, 3.8) is 0 Å². The van der Waals surface area contributed by atoms with Crippen molar-refractivity contribution in [2.75, 3.05) is 6.54 Å². The molecule has 2 rings (SSSR count). The van der Waals surface area contributed by atoms with E-state index in [1.165, 1.54) is 44.9 Å². The second kappa shape index (κ2) is 5.08. The SMILES string of the molecule is CCNC(C1CCCCC1CC)C1(C)CC1. The van der Waals surface area contributed by atoms with Gasteiger partial charge in [0.25, 0.3) is 0 Å². The molecule has 0 aromatic heterocycles. The van der Waals surface area contributed by atoms with Crippen molar-refractivity contribution in [3.05, 3.63) is 0 Å². The van der Waals surface area contributed by atoms with Crippen LogP contribution in [-0.2, 0) is 0 Å². The highest BCUT2D eigenvalue weighted by molar-refractivity contribution is 5.03. The van der Waals surface area contributed by atoms with Gasteiger partial charge in [0.05, 0.1) is 0 Å². The largest absolute Gasteiger partial charge is 0.313 e. The monoisotopic (exact) mass is 223 g/mol. The number of hydrogen-bond donors (Lipinski definition) is 1. The number of hydrogen-bond acceptors (Lipinski definition) is 1. The Morgan fingerprint density at radius 2 is 1.88 bits per heavy atom. The van der Waals surface area contributed by atoms with Crippen molar-refractivity contribution in [3.8, 4) is 0 Å². The van der Waals surface area contributed by atoms with Gasteiger partial charge in [-0.2, -0.15) is 0 Å². The lowest BCUT2D eigenvalue weighted by Gasteiger charge is -2.40. The second-order valence-electron chi connectivity index (χ2n) is 6.31. The van der Waals surface area contributed by atoms with Crippen molar-refractivity contribution < 1.29 is 0 Å². The fourth-order valence-electron chi connectivity index (χ4n) is 3.82. The topological polar surface area (TPSA) is 12.0 Å². The molecule has 0 spiro atoms. The quantitative estimate of drug-likeness (QED) is 0.743.